The fourth-order valence-corrected chi connectivity index (χ4v) is 3.86. The lowest BCUT2D eigenvalue weighted by molar-refractivity contribution is -0.139. The summed E-state index contributed by atoms with van der Waals surface area (Å²) >= 11 is 3.13. The predicted octanol–water partition coefficient (Wildman–Crippen LogP) is 3.63. The zero-order valence-corrected chi connectivity index (χ0v) is 14.8. The molecule has 0 N–H and O–H groups in total. The molecule has 0 unspecified atom stereocenters. The van der Waals surface area contributed by atoms with Gasteiger partial charge in [0.05, 0.1) is 12.4 Å². The lowest BCUT2D eigenvalue weighted by Crippen LogP contribution is -2.08. The zero-order chi connectivity index (χ0) is 15.9. The molecule has 0 spiro atoms. The van der Waals surface area contributed by atoms with Crippen LogP contribution in [0.1, 0.15) is 32.1 Å². The number of hydrogen-bond acceptors (Lipinski definition) is 6. The number of carbonyl (C=O) groups excluding carboxylic acids is 1. The number of rotatable bonds is 8. The van der Waals surface area contributed by atoms with Gasteiger partial charge in [-0.05, 0) is 26.3 Å². The van der Waals surface area contributed by atoms with E-state index in [1.807, 2.05) is 4.57 Å². The normalized spacial score (nSPS) is 10.9. The summed E-state index contributed by atoms with van der Waals surface area (Å²) in [4.78, 5) is 12.8. The van der Waals surface area contributed by atoms with Gasteiger partial charge in [0.15, 0.2) is 11.0 Å². The van der Waals surface area contributed by atoms with Crippen LogP contribution < -0.4 is 0 Å². The topological polar surface area (TPSA) is 57.0 Å². The van der Waals surface area contributed by atoms with Gasteiger partial charge in [0.2, 0.25) is 0 Å². The summed E-state index contributed by atoms with van der Waals surface area (Å²) in [5.41, 5.74) is 1.10. The monoisotopic (exact) mass is 339 g/mol. The van der Waals surface area contributed by atoms with Crippen molar-refractivity contribution in [2.45, 2.75) is 45.3 Å². The molecule has 0 amide bonds. The van der Waals surface area contributed by atoms with E-state index >= 15 is 0 Å². The van der Waals surface area contributed by atoms with Crippen molar-refractivity contribution in [3.63, 3.8) is 0 Å². The third-order valence-electron chi connectivity index (χ3n) is 3.07. The number of carbonyl (C=O) groups is 1. The number of hydrogen-bond donors (Lipinski definition) is 0. The van der Waals surface area contributed by atoms with Crippen molar-refractivity contribution in [3.05, 3.63) is 16.3 Å². The number of esters is 1. The van der Waals surface area contributed by atoms with Crippen molar-refractivity contribution in [1.29, 1.82) is 0 Å². The molecule has 0 atom stereocenters. The van der Waals surface area contributed by atoms with Gasteiger partial charge in [-0.3, -0.25) is 4.79 Å². The summed E-state index contributed by atoms with van der Waals surface area (Å²) in [6.45, 7) is 7.21. The number of nitrogens with zero attached hydrogens (tertiary/aromatic N) is 3. The van der Waals surface area contributed by atoms with Gasteiger partial charge >= 0.3 is 5.97 Å². The lowest BCUT2D eigenvalue weighted by atomic mass is 10.2. The van der Waals surface area contributed by atoms with E-state index < -0.39 is 0 Å². The van der Waals surface area contributed by atoms with Gasteiger partial charge in [0, 0.05) is 22.4 Å². The first-order valence-corrected chi connectivity index (χ1v) is 9.35. The Balaban J connectivity index is 2.14. The van der Waals surface area contributed by atoms with E-state index in [4.69, 9.17) is 4.74 Å². The first-order valence-electron chi connectivity index (χ1n) is 7.48. The minimum absolute atomic E-state index is 0.222. The maximum atomic E-state index is 11.5. The molecule has 0 aliphatic heterocycles. The van der Waals surface area contributed by atoms with Crippen molar-refractivity contribution in [3.8, 4) is 11.4 Å². The van der Waals surface area contributed by atoms with Crippen molar-refractivity contribution >= 4 is 29.1 Å². The van der Waals surface area contributed by atoms with E-state index in [0.717, 1.165) is 35.9 Å². The van der Waals surface area contributed by atoms with Crippen LogP contribution in [-0.4, -0.2) is 33.1 Å². The Labute approximate surface area is 139 Å². The fraction of sp³-hybridized carbons (Fsp3) is 0.533. The molecule has 0 aromatic carbocycles. The average molecular weight is 339 g/mol. The van der Waals surface area contributed by atoms with E-state index in [1.165, 1.54) is 16.6 Å². The number of aryl methyl sites for hydroxylation is 1. The van der Waals surface area contributed by atoms with Crippen LogP contribution in [0.4, 0.5) is 0 Å². The Morgan fingerprint density at radius 1 is 1.36 bits per heavy atom. The van der Waals surface area contributed by atoms with Crippen LogP contribution in [-0.2, 0) is 22.5 Å². The second-order valence-corrected chi connectivity index (χ2v) is 6.63. The van der Waals surface area contributed by atoms with Gasteiger partial charge in [-0.2, -0.15) is 0 Å². The number of thioether (sulfide) groups is 1. The molecule has 22 heavy (non-hydrogen) atoms. The summed E-state index contributed by atoms with van der Waals surface area (Å²) in [5, 5.41) is 11.4. The first-order chi connectivity index (χ1) is 10.7. The molecule has 5 nitrogen and oxygen atoms in total. The van der Waals surface area contributed by atoms with Gasteiger partial charge in [-0.25, -0.2) is 0 Å². The molecule has 0 aliphatic carbocycles. The third kappa shape index (κ3) is 4.10. The Hall–Kier alpha value is -1.34. The molecule has 0 fully saturated rings. The highest BCUT2D eigenvalue weighted by Crippen LogP contribution is 2.28. The minimum atomic E-state index is -0.222. The second kappa shape index (κ2) is 8.33. The standard InChI is InChI=1S/C15H21N3O2S2/c1-4-7-12-8-11(9-21-12)14-16-17-15(18(14)5-2)22-10-13(19)20-6-3/h8-9H,4-7,10H2,1-3H3. The van der Waals surface area contributed by atoms with Gasteiger partial charge in [0.25, 0.3) is 0 Å². The smallest absolute Gasteiger partial charge is 0.316 e. The number of aromatic nitrogens is 3. The number of ether oxygens (including phenoxy) is 1. The molecule has 0 bridgehead atoms. The van der Waals surface area contributed by atoms with Crippen LogP contribution in [0, 0.1) is 0 Å². The molecule has 0 aliphatic rings. The van der Waals surface area contributed by atoms with E-state index in [0.29, 0.717) is 6.61 Å². The Bertz CT molecular complexity index is 622. The van der Waals surface area contributed by atoms with Crippen LogP contribution in [0.15, 0.2) is 16.6 Å². The van der Waals surface area contributed by atoms with E-state index in [1.54, 1.807) is 18.3 Å². The number of thiophene rings is 1. The van der Waals surface area contributed by atoms with Crippen molar-refractivity contribution in [2.24, 2.45) is 0 Å². The molecule has 0 radical (unpaired) electrons. The maximum absolute atomic E-state index is 11.5. The predicted molar refractivity (Wildman–Crippen MR) is 90.4 cm³/mol. The highest BCUT2D eigenvalue weighted by molar-refractivity contribution is 7.99. The maximum Gasteiger partial charge on any atom is 0.316 e. The van der Waals surface area contributed by atoms with Crippen LogP contribution in [0.5, 0.6) is 0 Å². The fourth-order valence-electron chi connectivity index (χ4n) is 2.10. The minimum Gasteiger partial charge on any atom is -0.465 e. The SMILES string of the molecule is CCCc1cc(-c2nnc(SCC(=O)OCC)n2CC)cs1. The highest BCUT2D eigenvalue weighted by Gasteiger charge is 2.16. The van der Waals surface area contributed by atoms with Gasteiger partial charge in [-0.15, -0.1) is 21.5 Å². The lowest BCUT2D eigenvalue weighted by Gasteiger charge is -2.06. The summed E-state index contributed by atoms with van der Waals surface area (Å²) in [7, 11) is 0. The van der Waals surface area contributed by atoms with Gasteiger partial charge < -0.3 is 9.30 Å². The van der Waals surface area contributed by atoms with Crippen LogP contribution in [0.25, 0.3) is 11.4 Å². The van der Waals surface area contributed by atoms with Crippen molar-refractivity contribution in [1.82, 2.24) is 14.8 Å². The van der Waals surface area contributed by atoms with Gasteiger partial charge in [-0.1, -0.05) is 25.1 Å². The molecule has 0 saturated heterocycles. The Morgan fingerprint density at radius 3 is 2.86 bits per heavy atom. The molecular formula is C15H21N3O2S2. The quantitative estimate of drug-likeness (QED) is 0.543. The second-order valence-electron chi connectivity index (χ2n) is 4.70. The van der Waals surface area contributed by atoms with Crippen molar-refractivity contribution in [2.75, 3.05) is 12.4 Å². The molecule has 2 rings (SSSR count). The summed E-state index contributed by atoms with van der Waals surface area (Å²) < 4.78 is 6.99. The van der Waals surface area contributed by atoms with Gasteiger partial charge in [0.1, 0.15) is 0 Å². The summed E-state index contributed by atoms with van der Waals surface area (Å²) in [6.07, 6.45) is 2.23. The molecule has 2 aromatic heterocycles. The Kier molecular flexibility index (Phi) is 6.45. The van der Waals surface area contributed by atoms with E-state index in [9.17, 15) is 4.79 Å². The summed E-state index contributed by atoms with van der Waals surface area (Å²) in [5.74, 6) is 0.907. The molecule has 7 heteroatoms. The third-order valence-corrected chi connectivity index (χ3v) is 5.00. The van der Waals surface area contributed by atoms with Crippen molar-refractivity contribution < 1.29 is 9.53 Å². The molecule has 120 valence electrons. The van der Waals surface area contributed by atoms with E-state index in [2.05, 4.69) is 35.5 Å². The van der Waals surface area contributed by atoms with Crippen LogP contribution in [0.3, 0.4) is 0 Å². The van der Waals surface area contributed by atoms with Crippen LogP contribution in [0.2, 0.25) is 0 Å². The average Bonchev–Trinajstić information content (AvgIpc) is 3.11. The Morgan fingerprint density at radius 2 is 2.18 bits per heavy atom. The molecular weight excluding hydrogens is 318 g/mol. The largest absolute Gasteiger partial charge is 0.465 e. The molecule has 2 aromatic rings. The molecule has 0 saturated carbocycles. The first kappa shape index (κ1) is 17.0. The summed E-state index contributed by atoms with van der Waals surface area (Å²) in [6, 6.07) is 2.18. The van der Waals surface area contributed by atoms with Crippen LogP contribution >= 0.6 is 23.1 Å². The molecule has 2 heterocycles. The highest BCUT2D eigenvalue weighted by atomic mass is 32.2. The van der Waals surface area contributed by atoms with E-state index in [-0.39, 0.29) is 11.7 Å². The zero-order valence-electron chi connectivity index (χ0n) is 13.2.